The van der Waals surface area contributed by atoms with E-state index in [-0.39, 0.29) is 28.1 Å². The average Bonchev–Trinajstić information content (AvgIpc) is 3.25. The van der Waals surface area contributed by atoms with E-state index < -0.39 is 14.9 Å². The van der Waals surface area contributed by atoms with Crippen LogP contribution in [0, 0.1) is 10.1 Å². The molecule has 6 aromatic rings. The van der Waals surface area contributed by atoms with Gasteiger partial charge in [0.15, 0.2) is 5.82 Å². The third kappa shape index (κ3) is 10.5. The van der Waals surface area contributed by atoms with Crippen LogP contribution in [0.25, 0.3) is 22.0 Å². The lowest BCUT2D eigenvalue weighted by atomic mass is 9.99. The molecular weight excluding hydrogens is 785 g/mol. The summed E-state index contributed by atoms with van der Waals surface area (Å²) >= 11 is 1.66. The second kappa shape index (κ2) is 18.9. The first-order valence-electron chi connectivity index (χ1n) is 19.4. The van der Waals surface area contributed by atoms with Crippen molar-refractivity contribution in [3.63, 3.8) is 0 Å². The fourth-order valence-corrected chi connectivity index (χ4v) is 9.18. The summed E-state index contributed by atoms with van der Waals surface area (Å²) in [6, 6.07) is 36.1. The Kier molecular flexibility index (Phi) is 13.3. The summed E-state index contributed by atoms with van der Waals surface area (Å²) in [4.78, 5) is 28.1. The van der Waals surface area contributed by atoms with Crippen LogP contribution >= 0.6 is 11.8 Å². The predicted octanol–water partition coefficient (Wildman–Crippen LogP) is 7.86. The molecule has 2 heterocycles. The number of thioether (sulfide) groups is 1. The Morgan fingerprint density at radius 1 is 0.898 bits per heavy atom. The lowest BCUT2D eigenvalue weighted by Gasteiger charge is -2.36. The van der Waals surface area contributed by atoms with Gasteiger partial charge in [0, 0.05) is 66.6 Å². The van der Waals surface area contributed by atoms with Gasteiger partial charge in [-0.2, -0.15) is 0 Å². The van der Waals surface area contributed by atoms with Gasteiger partial charge in [0.2, 0.25) is 0 Å². The van der Waals surface area contributed by atoms with Crippen LogP contribution in [0.15, 0.2) is 131 Å². The topological polar surface area (TPSA) is 146 Å². The van der Waals surface area contributed by atoms with E-state index in [1.807, 2.05) is 74.8 Å². The summed E-state index contributed by atoms with van der Waals surface area (Å²) in [7, 11) is 1.37. The van der Waals surface area contributed by atoms with E-state index >= 15 is 0 Å². The Morgan fingerprint density at radius 2 is 1.68 bits per heavy atom. The summed E-state index contributed by atoms with van der Waals surface area (Å²) in [5, 5.41) is 16.2. The van der Waals surface area contributed by atoms with Crippen molar-refractivity contribution in [2.24, 2.45) is 0 Å². The van der Waals surface area contributed by atoms with Crippen LogP contribution in [0.2, 0.25) is 0 Å². The maximum absolute atomic E-state index is 13.8. The highest BCUT2D eigenvalue weighted by Gasteiger charge is 2.25. The molecule has 1 saturated heterocycles. The number of piperazine rings is 1. The van der Waals surface area contributed by atoms with E-state index in [2.05, 4.69) is 71.1 Å². The third-order valence-corrected chi connectivity index (χ3v) is 12.8. The molecule has 0 aliphatic carbocycles. The molecule has 2 N–H and O–H groups in total. The number of hydrogen-bond acceptors (Lipinski definition) is 12. The van der Waals surface area contributed by atoms with Gasteiger partial charge in [0.25, 0.3) is 15.7 Å². The lowest BCUT2D eigenvalue weighted by Crippen LogP contribution is -2.46. The SMILES string of the molecule is COc1cccc(-c2ccccc2CN2CCN(c3ccc4c(NS(=O)(=O)c5ccc(NC(CCN(C)C)CSc6ccccc6)c([N+](=O)[O-])c5)ncnc4c3)CC2)c1. The number of ether oxygens (including phenoxy) is 1. The van der Waals surface area contributed by atoms with Gasteiger partial charge >= 0.3 is 0 Å². The third-order valence-electron chi connectivity index (χ3n) is 10.3. The maximum Gasteiger partial charge on any atom is 0.293 e. The standard InChI is InChI=1S/C44H48N8O5S2/c1-49(2)21-20-34(30-58-37-13-5-4-6-14-37)47-41-19-17-38(28-43(41)52(53)54)59(55,56)48-44-40-18-16-35(27-42(40)45-31-46-44)51-24-22-50(23-25-51)29-33-10-7-8-15-39(33)32-11-9-12-36(26-32)57-3/h4-19,26-28,31,34,47H,20-25,29-30H2,1-3H3,(H,45,46,48). The fourth-order valence-electron chi connectivity index (χ4n) is 7.14. The van der Waals surface area contributed by atoms with Gasteiger partial charge in [-0.3, -0.25) is 19.7 Å². The molecule has 5 aromatic carbocycles. The molecule has 1 atom stereocenters. The summed E-state index contributed by atoms with van der Waals surface area (Å²) in [6.45, 7) is 4.94. The molecule has 0 saturated carbocycles. The van der Waals surface area contributed by atoms with Crippen molar-refractivity contribution in [2.75, 3.05) is 74.6 Å². The van der Waals surface area contributed by atoms with Gasteiger partial charge < -0.3 is 19.9 Å². The Hall–Kier alpha value is -5.74. The number of methoxy groups -OCH3 is 1. The van der Waals surface area contributed by atoms with Gasteiger partial charge in [-0.25, -0.2) is 18.4 Å². The minimum atomic E-state index is -4.27. The summed E-state index contributed by atoms with van der Waals surface area (Å²) in [5.41, 5.74) is 5.05. The molecule has 1 fully saturated rings. The van der Waals surface area contributed by atoms with E-state index in [0.29, 0.717) is 16.7 Å². The monoisotopic (exact) mass is 832 g/mol. The van der Waals surface area contributed by atoms with E-state index in [4.69, 9.17) is 4.74 Å². The quantitative estimate of drug-likeness (QED) is 0.0524. The Balaban J connectivity index is 1.02. The summed E-state index contributed by atoms with van der Waals surface area (Å²) in [6.07, 6.45) is 2.05. The molecule has 0 radical (unpaired) electrons. The van der Waals surface area contributed by atoms with E-state index in [9.17, 15) is 18.5 Å². The van der Waals surface area contributed by atoms with Crippen LogP contribution in [0.3, 0.4) is 0 Å². The zero-order chi connectivity index (χ0) is 41.4. The van der Waals surface area contributed by atoms with Crippen molar-refractivity contribution in [3.8, 4) is 16.9 Å². The first-order valence-corrected chi connectivity index (χ1v) is 21.9. The summed E-state index contributed by atoms with van der Waals surface area (Å²) < 4.78 is 35.5. The van der Waals surface area contributed by atoms with E-state index in [0.717, 1.165) is 73.7 Å². The normalized spacial score (nSPS) is 14.0. The second-order valence-electron chi connectivity index (χ2n) is 14.7. The number of hydrogen-bond donors (Lipinski definition) is 2. The molecule has 1 aliphatic rings. The number of anilines is 3. The zero-order valence-corrected chi connectivity index (χ0v) is 35.0. The number of nitrogens with one attached hydrogen (secondary N) is 2. The molecule has 13 nitrogen and oxygen atoms in total. The van der Waals surface area contributed by atoms with Crippen molar-refractivity contribution in [2.45, 2.75) is 28.8 Å². The predicted molar refractivity (Wildman–Crippen MR) is 237 cm³/mol. The molecule has 306 valence electrons. The van der Waals surface area contributed by atoms with Crippen LogP contribution in [0.5, 0.6) is 5.75 Å². The molecule has 0 amide bonds. The van der Waals surface area contributed by atoms with Crippen molar-refractivity contribution in [3.05, 3.63) is 137 Å². The summed E-state index contributed by atoms with van der Waals surface area (Å²) in [5.74, 6) is 1.58. The second-order valence-corrected chi connectivity index (χ2v) is 17.5. The number of benzene rings is 5. The molecule has 1 aromatic heterocycles. The first kappa shape index (κ1) is 41.4. The zero-order valence-electron chi connectivity index (χ0n) is 33.3. The van der Waals surface area contributed by atoms with Gasteiger partial charge in [0.1, 0.15) is 17.8 Å². The Morgan fingerprint density at radius 3 is 2.44 bits per heavy atom. The molecule has 7 rings (SSSR count). The van der Waals surface area contributed by atoms with Crippen LogP contribution in [0.4, 0.5) is 22.9 Å². The number of nitrogens with zero attached hydrogens (tertiary/aromatic N) is 6. The van der Waals surface area contributed by atoms with Crippen LogP contribution in [0.1, 0.15) is 12.0 Å². The van der Waals surface area contributed by atoms with Gasteiger partial charge in [0.05, 0.1) is 22.4 Å². The van der Waals surface area contributed by atoms with Crippen molar-refractivity contribution in [1.82, 2.24) is 19.8 Å². The number of aromatic nitrogens is 2. The number of sulfonamides is 1. The molecule has 1 aliphatic heterocycles. The molecule has 0 spiro atoms. The minimum absolute atomic E-state index is 0.0904. The lowest BCUT2D eigenvalue weighted by molar-refractivity contribution is -0.384. The number of nitro benzene ring substituents is 1. The first-order chi connectivity index (χ1) is 28.6. The number of nitro groups is 1. The molecule has 0 bridgehead atoms. The van der Waals surface area contributed by atoms with Crippen molar-refractivity contribution < 1.29 is 18.1 Å². The van der Waals surface area contributed by atoms with Crippen LogP contribution in [-0.4, -0.2) is 98.8 Å². The molecule has 59 heavy (non-hydrogen) atoms. The average molecular weight is 833 g/mol. The van der Waals surface area contributed by atoms with Crippen LogP contribution in [-0.2, 0) is 16.6 Å². The smallest absolute Gasteiger partial charge is 0.293 e. The van der Waals surface area contributed by atoms with E-state index in [1.165, 1.54) is 29.6 Å². The highest BCUT2D eigenvalue weighted by Crippen LogP contribution is 2.33. The molecular formula is C44H48N8O5S2. The minimum Gasteiger partial charge on any atom is -0.497 e. The van der Waals surface area contributed by atoms with Crippen molar-refractivity contribution in [1.29, 1.82) is 0 Å². The van der Waals surface area contributed by atoms with Gasteiger partial charge in [-0.05, 0) is 98.3 Å². The van der Waals surface area contributed by atoms with Crippen LogP contribution < -0.4 is 19.7 Å². The number of rotatable bonds is 17. The maximum atomic E-state index is 13.8. The van der Waals surface area contributed by atoms with E-state index in [1.54, 1.807) is 18.9 Å². The fraction of sp³-hybridized carbons (Fsp3) is 0.273. The Bertz CT molecular complexity index is 2500. The van der Waals surface area contributed by atoms with Gasteiger partial charge in [-0.1, -0.05) is 54.6 Å². The molecule has 15 heteroatoms. The highest BCUT2D eigenvalue weighted by molar-refractivity contribution is 7.99. The Labute approximate surface area is 349 Å². The number of fused-ring (bicyclic) bond motifs is 1. The van der Waals surface area contributed by atoms with Crippen molar-refractivity contribution >= 4 is 55.6 Å². The highest BCUT2D eigenvalue weighted by atomic mass is 32.2. The molecule has 1 unspecified atom stereocenters. The largest absolute Gasteiger partial charge is 0.497 e. The van der Waals surface area contributed by atoms with Gasteiger partial charge in [-0.15, -0.1) is 11.8 Å².